The van der Waals surface area contributed by atoms with Crippen molar-refractivity contribution in [3.63, 3.8) is 0 Å². The summed E-state index contributed by atoms with van der Waals surface area (Å²) in [5.41, 5.74) is 0. The van der Waals surface area contributed by atoms with Crippen LogP contribution >= 0.6 is 11.8 Å². The molecule has 2 unspecified atom stereocenters. The quantitative estimate of drug-likeness (QED) is 0.782. The van der Waals surface area contributed by atoms with Crippen LogP contribution in [0.5, 0.6) is 0 Å². The summed E-state index contributed by atoms with van der Waals surface area (Å²) in [6, 6.07) is 0.301. The zero-order chi connectivity index (χ0) is 10.8. The predicted molar refractivity (Wildman–Crippen MR) is 62.3 cm³/mol. The summed E-state index contributed by atoms with van der Waals surface area (Å²) < 4.78 is 0. The van der Waals surface area contributed by atoms with Gasteiger partial charge < -0.3 is 5.11 Å². The zero-order valence-corrected chi connectivity index (χ0v) is 10.0. The highest BCUT2D eigenvalue weighted by Crippen LogP contribution is 2.31. The normalized spacial score (nSPS) is 34.5. The molecule has 0 radical (unpaired) electrons. The van der Waals surface area contributed by atoms with Gasteiger partial charge in [-0.1, -0.05) is 6.92 Å². The standard InChI is InChI=1S/C11H19NO2S/c1-8-2-5-12(10(8)11(13)14)9-3-6-15-7-4-9/h8-10H,2-7H2,1H3,(H,13,14). The van der Waals surface area contributed by atoms with E-state index < -0.39 is 5.97 Å². The van der Waals surface area contributed by atoms with Crippen molar-refractivity contribution in [3.05, 3.63) is 0 Å². The van der Waals surface area contributed by atoms with Gasteiger partial charge in [0.1, 0.15) is 6.04 Å². The first kappa shape index (κ1) is 11.3. The maximum absolute atomic E-state index is 11.2. The van der Waals surface area contributed by atoms with Gasteiger partial charge in [-0.3, -0.25) is 9.69 Å². The van der Waals surface area contributed by atoms with Crippen LogP contribution in [0.15, 0.2) is 0 Å². The molecule has 0 aromatic rings. The third-order valence-corrected chi connectivity index (χ3v) is 4.70. The minimum atomic E-state index is -0.627. The largest absolute Gasteiger partial charge is 0.480 e. The van der Waals surface area contributed by atoms with E-state index in [-0.39, 0.29) is 6.04 Å². The minimum absolute atomic E-state index is 0.224. The van der Waals surface area contributed by atoms with Gasteiger partial charge in [0, 0.05) is 6.04 Å². The van der Waals surface area contributed by atoms with Crippen molar-refractivity contribution < 1.29 is 9.90 Å². The van der Waals surface area contributed by atoms with Crippen LogP contribution in [0.1, 0.15) is 26.2 Å². The molecule has 1 N–H and O–H groups in total. The monoisotopic (exact) mass is 229 g/mol. The number of carboxylic acid groups (broad SMARTS) is 1. The second-order valence-corrected chi connectivity index (χ2v) is 5.86. The lowest BCUT2D eigenvalue weighted by Crippen LogP contribution is -2.46. The lowest BCUT2D eigenvalue weighted by atomic mass is 10.0. The molecule has 15 heavy (non-hydrogen) atoms. The molecule has 4 heteroatoms. The van der Waals surface area contributed by atoms with Gasteiger partial charge in [-0.25, -0.2) is 0 Å². The van der Waals surface area contributed by atoms with E-state index in [0.717, 1.165) is 13.0 Å². The molecule has 86 valence electrons. The minimum Gasteiger partial charge on any atom is -0.480 e. The number of rotatable bonds is 2. The van der Waals surface area contributed by atoms with Gasteiger partial charge in [-0.15, -0.1) is 0 Å². The number of likely N-dealkylation sites (tertiary alicyclic amines) is 1. The summed E-state index contributed by atoms with van der Waals surface area (Å²) in [4.78, 5) is 13.5. The number of hydrogen-bond acceptors (Lipinski definition) is 3. The number of thioether (sulfide) groups is 1. The van der Waals surface area contributed by atoms with Crippen molar-refractivity contribution in [3.8, 4) is 0 Å². The number of hydrogen-bond donors (Lipinski definition) is 1. The molecule has 0 aliphatic carbocycles. The molecular weight excluding hydrogens is 210 g/mol. The van der Waals surface area contributed by atoms with E-state index in [1.165, 1.54) is 24.3 Å². The fourth-order valence-corrected chi connectivity index (χ4v) is 3.87. The number of carboxylic acids is 1. The van der Waals surface area contributed by atoms with Gasteiger partial charge >= 0.3 is 5.97 Å². The van der Waals surface area contributed by atoms with Gasteiger partial charge in [0.05, 0.1) is 0 Å². The summed E-state index contributed by atoms with van der Waals surface area (Å²) in [5.74, 6) is 2.08. The number of carbonyl (C=O) groups is 1. The Kier molecular flexibility index (Phi) is 3.57. The fourth-order valence-electron chi connectivity index (χ4n) is 2.79. The average Bonchev–Trinajstić information content (AvgIpc) is 2.61. The van der Waals surface area contributed by atoms with Gasteiger partial charge in [0.2, 0.25) is 0 Å². The molecular formula is C11H19NO2S. The highest BCUT2D eigenvalue weighted by Gasteiger charge is 2.40. The Morgan fingerprint density at radius 3 is 2.60 bits per heavy atom. The summed E-state index contributed by atoms with van der Waals surface area (Å²) in [5, 5.41) is 9.24. The lowest BCUT2D eigenvalue weighted by Gasteiger charge is -2.34. The van der Waals surface area contributed by atoms with Gasteiger partial charge in [-0.05, 0) is 43.2 Å². The second-order valence-electron chi connectivity index (χ2n) is 4.63. The van der Waals surface area contributed by atoms with Crippen molar-refractivity contribution in [1.82, 2.24) is 4.90 Å². The fraction of sp³-hybridized carbons (Fsp3) is 0.909. The molecule has 2 rings (SSSR count). The smallest absolute Gasteiger partial charge is 0.321 e. The molecule has 3 nitrogen and oxygen atoms in total. The Hall–Kier alpha value is -0.220. The highest BCUT2D eigenvalue weighted by atomic mass is 32.2. The molecule has 0 bridgehead atoms. The molecule has 2 atom stereocenters. The maximum atomic E-state index is 11.2. The molecule has 0 spiro atoms. The zero-order valence-electron chi connectivity index (χ0n) is 9.19. The van der Waals surface area contributed by atoms with Gasteiger partial charge in [-0.2, -0.15) is 11.8 Å². The lowest BCUT2D eigenvalue weighted by molar-refractivity contribution is -0.144. The molecule has 0 aromatic heterocycles. The molecule has 2 heterocycles. The predicted octanol–water partition coefficient (Wildman–Crippen LogP) is 1.68. The van der Waals surface area contributed by atoms with E-state index >= 15 is 0 Å². The van der Waals surface area contributed by atoms with Crippen LogP contribution in [0.4, 0.5) is 0 Å². The summed E-state index contributed by atoms with van der Waals surface area (Å²) in [6.07, 6.45) is 3.38. The SMILES string of the molecule is CC1CCN(C2CCSCC2)C1C(=O)O. The van der Waals surface area contributed by atoms with E-state index in [0.29, 0.717) is 12.0 Å². The van der Waals surface area contributed by atoms with Crippen molar-refractivity contribution in [2.75, 3.05) is 18.1 Å². The van der Waals surface area contributed by atoms with Crippen LogP contribution in [0.25, 0.3) is 0 Å². The number of nitrogens with zero attached hydrogens (tertiary/aromatic N) is 1. The van der Waals surface area contributed by atoms with Crippen molar-refractivity contribution in [2.24, 2.45) is 5.92 Å². The molecule has 2 fully saturated rings. The van der Waals surface area contributed by atoms with Gasteiger partial charge in [0.25, 0.3) is 0 Å². The van der Waals surface area contributed by atoms with Crippen LogP contribution in [0.2, 0.25) is 0 Å². The van der Waals surface area contributed by atoms with E-state index in [4.69, 9.17) is 0 Å². The molecule has 2 saturated heterocycles. The van der Waals surface area contributed by atoms with E-state index in [9.17, 15) is 9.90 Å². The van der Waals surface area contributed by atoms with Crippen molar-refractivity contribution >= 4 is 17.7 Å². The Balaban J connectivity index is 2.03. The Morgan fingerprint density at radius 2 is 2.00 bits per heavy atom. The van der Waals surface area contributed by atoms with E-state index in [2.05, 4.69) is 11.8 Å². The van der Waals surface area contributed by atoms with Crippen LogP contribution in [0.3, 0.4) is 0 Å². The van der Waals surface area contributed by atoms with Gasteiger partial charge in [0.15, 0.2) is 0 Å². The van der Waals surface area contributed by atoms with Crippen LogP contribution < -0.4 is 0 Å². The topological polar surface area (TPSA) is 40.5 Å². The van der Waals surface area contributed by atoms with Crippen molar-refractivity contribution in [2.45, 2.75) is 38.3 Å². The third-order valence-electron chi connectivity index (χ3n) is 3.65. The molecule has 2 aliphatic rings. The molecule has 0 saturated carbocycles. The maximum Gasteiger partial charge on any atom is 0.321 e. The average molecular weight is 229 g/mol. The van der Waals surface area contributed by atoms with Crippen molar-refractivity contribution in [1.29, 1.82) is 0 Å². The summed E-state index contributed by atoms with van der Waals surface area (Å²) in [6.45, 7) is 3.05. The first-order valence-corrected chi connectivity index (χ1v) is 6.92. The van der Waals surface area contributed by atoms with E-state index in [1.807, 2.05) is 11.8 Å². The second kappa shape index (κ2) is 4.74. The molecule has 0 amide bonds. The third kappa shape index (κ3) is 2.31. The summed E-state index contributed by atoms with van der Waals surface area (Å²) >= 11 is 1.99. The Morgan fingerprint density at radius 1 is 1.33 bits per heavy atom. The Labute approximate surface area is 95.2 Å². The first-order valence-electron chi connectivity index (χ1n) is 5.76. The highest BCUT2D eigenvalue weighted by molar-refractivity contribution is 7.99. The molecule has 2 aliphatic heterocycles. The number of aliphatic carboxylic acids is 1. The van der Waals surface area contributed by atoms with Crippen LogP contribution in [-0.2, 0) is 4.79 Å². The van der Waals surface area contributed by atoms with E-state index in [1.54, 1.807) is 0 Å². The first-order chi connectivity index (χ1) is 7.20. The van der Waals surface area contributed by atoms with Crippen LogP contribution in [-0.4, -0.2) is 46.1 Å². The summed E-state index contributed by atoms with van der Waals surface area (Å²) in [7, 11) is 0. The Bertz CT molecular complexity index is 241. The van der Waals surface area contributed by atoms with Crippen LogP contribution in [0, 0.1) is 5.92 Å². The molecule has 0 aromatic carbocycles.